The second-order valence-electron chi connectivity index (χ2n) is 9.15. The van der Waals surface area contributed by atoms with Gasteiger partial charge in [0.25, 0.3) is 10.1 Å². The second kappa shape index (κ2) is 15.7. The number of hydrogen-bond donors (Lipinski definition) is 2. The Hall–Kier alpha value is -2.86. The molecule has 0 spiro atoms. The van der Waals surface area contributed by atoms with Gasteiger partial charge >= 0.3 is 5.97 Å². The summed E-state index contributed by atoms with van der Waals surface area (Å²) in [6.45, 7) is 4.54. The van der Waals surface area contributed by atoms with E-state index in [1.807, 2.05) is 49.4 Å². The molecule has 1 aromatic heterocycles. The molecule has 0 radical (unpaired) electrons. The first-order valence-corrected chi connectivity index (χ1v) is 14.2. The standard InChI is InChI=1S/C21H25ClN2O3.C7H8O3S.H2O/c22-17-8-6-16(7-9-17)21(19-4-1-2-12-23-19)27-18-10-14-24(15-11-18)13-3-5-20(25)26;1-6-2-4-7(5-3-6)11(8,9)10;/h1-2,4,6-9,12,18,21H,3,5,10-11,13-15H2,(H,25,26);2-5H,1H3,(H,8,9,10);1H2/t21-;;/m0../s1. The van der Waals surface area contributed by atoms with Crippen molar-refractivity contribution < 1.29 is 33.1 Å². The fraction of sp³-hybridized carbons (Fsp3) is 0.357. The van der Waals surface area contributed by atoms with Crippen molar-refractivity contribution in [3.8, 4) is 0 Å². The van der Waals surface area contributed by atoms with Gasteiger partial charge in [0.05, 0.1) is 16.7 Å². The highest BCUT2D eigenvalue weighted by Crippen LogP contribution is 2.29. The third-order valence-electron chi connectivity index (χ3n) is 6.18. The Balaban J connectivity index is 0.000000375. The van der Waals surface area contributed by atoms with E-state index in [9.17, 15) is 13.2 Å². The lowest BCUT2D eigenvalue weighted by Gasteiger charge is -2.34. The predicted octanol–water partition coefficient (Wildman–Crippen LogP) is 4.59. The fourth-order valence-corrected chi connectivity index (χ4v) is 4.72. The monoisotopic (exact) mass is 578 g/mol. The molecule has 11 heteroatoms. The maximum absolute atomic E-state index is 10.7. The lowest BCUT2D eigenvalue weighted by atomic mass is 10.0. The lowest BCUT2D eigenvalue weighted by Crippen LogP contribution is -2.38. The minimum absolute atomic E-state index is 0. The quantitative estimate of drug-likeness (QED) is 0.350. The summed E-state index contributed by atoms with van der Waals surface area (Å²) < 4.78 is 36.0. The maximum atomic E-state index is 10.7. The van der Waals surface area contributed by atoms with Gasteiger partial charge in [0.2, 0.25) is 0 Å². The predicted molar refractivity (Wildman–Crippen MR) is 150 cm³/mol. The molecule has 1 aliphatic heterocycles. The van der Waals surface area contributed by atoms with E-state index in [4.69, 9.17) is 26.0 Å². The number of halogens is 1. The highest BCUT2D eigenvalue weighted by atomic mass is 35.5. The first-order valence-electron chi connectivity index (χ1n) is 12.4. The first-order chi connectivity index (χ1) is 18.1. The van der Waals surface area contributed by atoms with E-state index < -0.39 is 16.1 Å². The van der Waals surface area contributed by atoms with Crippen LogP contribution in [0.5, 0.6) is 0 Å². The smallest absolute Gasteiger partial charge is 0.303 e. The van der Waals surface area contributed by atoms with E-state index >= 15 is 0 Å². The van der Waals surface area contributed by atoms with Crippen LogP contribution in [0.1, 0.15) is 48.6 Å². The molecule has 212 valence electrons. The van der Waals surface area contributed by atoms with Crippen LogP contribution in [0.3, 0.4) is 0 Å². The van der Waals surface area contributed by atoms with E-state index in [2.05, 4.69) is 9.88 Å². The summed E-state index contributed by atoms with van der Waals surface area (Å²) >= 11 is 6.03. The van der Waals surface area contributed by atoms with Crippen molar-refractivity contribution in [2.45, 2.75) is 49.7 Å². The SMILES string of the molecule is Cc1ccc(S(=O)(=O)O)cc1.O.O=C(O)CCCN1CCC(O[C@@H](c2ccc(Cl)cc2)c2ccccn2)CC1. The summed E-state index contributed by atoms with van der Waals surface area (Å²) in [7, 11) is -4.02. The van der Waals surface area contributed by atoms with Crippen LogP contribution in [-0.2, 0) is 19.6 Å². The molecule has 1 aliphatic rings. The largest absolute Gasteiger partial charge is 0.481 e. The summed E-state index contributed by atoms with van der Waals surface area (Å²) in [5.41, 5.74) is 2.89. The number of carboxylic acids is 1. The first kappa shape index (κ1) is 32.4. The molecule has 39 heavy (non-hydrogen) atoms. The molecule has 9 nitrogen and oxygen atoms in total. The molecule has 2 heterocycles. The molecule has 0 amide bonds. The van der Waals surface area contributed by atoms with Crippen LogP contribution in [0, 0.1) is 6.92 Å². The van der Waals surface area contributed by atoms with Crippen LogP contribution in [0.25, 0.3) is 0 Å². The number of hydrogen-bond acceptors (Lipinski definition) is 6. The number of aromatic nitrogens is 1. The third kappa shape index (κ3) is 11.0. The minimum atomic E-state index is -4.02. The van der Waals surface area contributed by atoms with Crippen molar-refractivity contribution in [1.82, 2.24) is 9.88 Å². The Labute approximate surface area is 234 Å². The van der Waals surface area contributed by atoms with Crippen LogP contribution < -0.4 is 0 Å². The zero-order valence-electron chi connectivity index (χ0n) is 21.7. The van der Waals surface area contributed by atoms with Crippen molar-refractivity contribution in [3.63, 3.8) is 0 Å². The van der Waals surface area contributed by atoms with Gasteiger partial charge in [-0.3, -0.25) is 14.3 Å². The molecule has 0 aliphatic carbocycles. The molecule has 2 aromatic carbocycles. The molecule has 3 aromatic rings. The van der Waals surface area contributed by atoms with Crippen molar-refractivity contribution in [2.24, 2.45) is 0 Å². The normalized spacial score (nSPS) is 14.9. The van der Waals surface area contributed by atoms with Crippen LogP contribution in [0.2, 0.25) is 5.02 Å². The summed E-state index contributed by atoms with van der Waals surface area (Å²) in [5, 5.41) is 9.47. The highest BCUT2D eigenvalue weighted by molar-refractivity contribution is 7.85. The summed E-state index contributed by atoms with van der Waals surface area (Å²) in [6.07, 6.45) is 4.52. The number of benzene rings is 2. The fourth-order valence-electron chi connectivity index (χ4n) is 4.11. The minimum Gasteiger partial charge on any atom is -0.481 e. The van der Waals surface area contributed by atoms with Gasteiger partial charge in [0.1, 0.15) is 6.10 Å². The molecule has 0 unspecified atom stereocenters. The van der Waals surface area contributed by atoms with Crippen LogP contribution in [-0.4, -0.2) is 65.1 Å². The van der Waals surface area contributed by atoms with Gasteiger partial charge < -0.3 is 20.2 Å². The van der Waals surface area contributed by atoms with E-state index in [0.717, 1.165) is 49.3 Å². The van der Waals surface area contributed by atoms with E-state index in [1.54, 1.807) is 18.3 Å². The average molecular weight is 579 g/mol. The number of carboxylic acid groups (broad SMARTS) is 1. The number of nitrogens with zero attached hydrogens (tertiary/aromatic N) is 2. The van der Waals surface area contributed by atoms with E-state index in [0.29, 0.717) is 11.4 Å². The Morgan fingerprint density at radius 3 is 2.26 bits per heavy atom. The van der Waals surface area contributed by atoms with Crippen molar-refractivity contribution in [3.05, 3.63) is 94.8 Å². The number of rotatable bonds is 9. The zero-order chi connectivity index (χ0) is 27.5. The number of likely N-dealkylation sites (tertiary alicyclic amines) is 1. The summed E-state index contributed by atoms with van der Waals surface area (Å²) in [5.74, 6) is -0.727. The van der Waals surface area contributed by atoms with Crippen molar-refractivity contribution in [2.75, 3.05) is 19.6 Å². The van der Waals surface area contributed by atoms with Crippen LogP contribution in [0.15, 0.2) is 77.8 Å². The number of aliphatic carboxylic acids is 1. The Morgan fingerprint density at radius 2 is 1.72 bits per heavy atom. The summed E-state index contributed by atoms with van der Waals surface area (Å²) in [6, 6.07) is 19.6. The lowest BCUT2D eigenvalue weighted by molar-refractivity contribution is -0.137. The number of aryl methyl sites for hydroxylation is 1. The Bertz CT molecular complexity index is 1250. The second-order valence-corrected chi connectivity index (χ2v) is 11.0. The van der Waals surface area contributed by atoms with E-state index in [1.165, 1.54) is 12.1 Å². The molecule has 1 saturated heterocycles. The van der Waals surface area contributed by atoms with Crippen LogP contribution in [0.4, 0.5) is 0 Å². The van der Waals surface area contributed by atoms with Gasteiger partial charge in [-0.1, -0.05) is 47.5 Å². The molecule has 0 bridgehead atoms. The molecular formula is C28H35ClN2O7S. The van der Waals surface area contributed by atoms with Crippen molar-refractivity contribution in [1.29, 1.82) is 0 Å². The molecule has 4 rings (SSSR count). The third-order valence-corrected chi connectivity index (χ3v) is 7.30. The molecule has 0 saturated carbocycles. The van der Waals surface area contributed by atoms with E-state index in [-0.39, 0.29) is 29.0 Å². The number of ether oxygens (including phenoxy) is 1. The van der Waals surface area contributed by atoms with Gasteiger partial charge in [-0.15, -0.1) is 0 Å². The van der Waals surface area contributed by atoms with Gasteiger partial charge in [0.15, 0.2) is 0 Å². The van der Waals surface area contributed by atoms with Gasteiger partial charge in [-0.2, -0.15) is 8.42 Å². The number of piperidine rings is 1. The molecule has 4 N–H and O–H groups in total. The summed E-state index contributed by atoms with van der Waals surface area (Å²) in [4.78, 5) is 17.4. The highest BCUT2D eigenvalue weighted by Gasteiger charge is 2.25. The Kier molecular flexibility index (Phi) is 13.0. The zero-order valence-corrected chi connectivity index (χ0v) is 23.3. The van der Waals surface area contributed by atoms with Crippen LogP contribution >= 0.6 is 11.6 Å². The van der Waals surface area contributed by atoms with Gasteiger partial charge in [0, 0.05) is 30.7 Å². The maximum Gasteiger partial charge on any atom is 0.303 e. The van der Waals surface area contributed by atoms with Gasteiger partial charge in [-0.25, -0.2) is 0 Å². The Morgan fingerprint density at radius 1 is 1.08 bits per heavy atom. The molecule has 1 fully saturated rings. The van der Waals surface area contributed by atoms with Crippen molar-refractivity contribution >= 4 is 27.7 Å². The number of carbonyl (C=O) groups is 1. The molecular weight excluding hydrogens is 544 g/mol. The topological polar surface area (TPSA) is 149 Å². The molecule has 1 atom stereocenters. The number of pyridine rings is 1. The average Bonchev–Trinajstić information content (AvgIpc) is 2.89. The van der Waals surface area contributed by atoms with Gasteiger partial charge in [-0.05, 0) is 74.7 Å².